The molecule has 2 N–H and O–H groups in total. The summed E-state index contributed by atoms with van der Waals surface area (Å²) in [4.78, 5) is 27.8. The SMILES string of the molecule is O=C1c2c(n(CCO)c3cc(N4CCNCC4)c(F)cc3c2=O)-c2cccn21. The van der Waals surface area contributed by atoms with Crippen LogP contribution in [0.4, 0.5) is 10.1 Å². The van der Waals surface area contributed by atoms with E-state index in [2.05, 4.69) is 5.32 Å². The molecule has 28 heavy (non-hydrogen) atoms. The van der Waals surface area contributed by atoms with Crippen LogP contribution in [0, 0.1) is 5.82 Å². The van der Waals surface area contributed by atoms with Crippen molar-refractivity contribution >= 4 is 22.5 Å². The van der Waals surface area contributed by atoms with Gasteiger partial charge in [-0.15, -0.1) is 0 Å². The topological polar surface area (TPSA) is 79.5 Å². The van der Waals surface area contributed by atoms with Crippen molar-refractivity contribution in [2.24, 2.45) is 0 Å². The van der Waals surface area contributed by atoms with Gasteiger partial charge in [0.15, 0.2) is 0 Å². The smallest absolute Gasteiger partial charge is 0.268 e. The number of piperazine rings is 1. The normalized spacial score (nSPS) is 15.9. The van der Waals surface area contributed by atoms with Gasteiger partial charge in [-0.1, -0.05) is 0 Å². The fourth-order valence-corrected chi connectivity index (χ4v) is 4.27. The minimum atomic E-state index is -0.480. The number of aliphatic hydroxyl groups excluding tert-OH is 1. The Labute approximate surface area is 159 Å². The number of benzene rings is 1. The molecule has 3 aromatic rings. The first-order chi connectivity index (χ1) is 13.6. The van der Waals surface area contributed by atoms with Gasteiger partial charge in [-0.05, 0) is 24.3 Å². The van der Waals surface area contributed by atoms with E-state index >= 15 is 0 Å². The van der Waals surface area contributed by atoms with Gasteiger partial charge in [-0.3, -0.25) is 14.2 Å². The maximum absolute atomic E-state index is 14.9. The molecule has 0 atom stereocenters. The monoisotopic (exact) mass is 382 g/mol. The quantitative estimate of drug-likeness (QED) is 0.553. The van der Waals surface area contributed by atoms with Crippen LogP contribution in [0.3, 0.4) is 0 Å². The number of nitrogens with one attached hydrogen (secondary N) is 1. The van der Waals surface area contributed by atoms with Crippen molar-refractivity contribution in [2.75, 3.05) is 37.7 Å². The van der Waals surface area contributed by atoms with E-state index in [0.29, 0.717) is 35.7 Å². The zero-order valence-corrected chi connectivity index (χ0v) is 15.1. The number of hydrogen-bond donors (Lipinski definition) is 2. The average molecular weight is 382 g/mol. The second kappa shape index (κ2) is 6.29. The minimum Gasteiger partial charge on any atom is -0.395 e. The number of pyridine rings is 1. The number of aliphatic hydroxyl groups is 1. The lowest BCUT2D eigenvalue weighted by atomic mass is 10.1. The number of rotatable bonds is 3. The summed E-state index contributed by atoms with van der Waals surface area (Å²) in [5, 5.41) is 13.0. The Morgan fingerprint density at radius 1 is 1.18 bits per heavy atom. The molecule has 0 spiro atoms. The third-order valence-electron chi connectivity index (χ3n) is 5.54. The third kappa shape index (κ3) is 2.28. The van der Waals surface area contributed by atoms with E-state index in [4.69, 9.17) is 0 Å². The zero-order valence-electron chi connectivity index (χ0n) is 15.1. The van der Waals surface area contributed by atoms with Gasteiger partial charge in [0.1, 0.15) is 11.4 Å². The highest BCUT2D eigenvalue weighted by Gasteiger charge is 2.33. The summed E-state index contributed by atoms with van der Waals surface area (Å²) in [6, 6.07) is 6.40. The van der Waals surface area contributed by atoms with Gasteiger partial charge in [0.2, 0.25) is 5.43 Å². The van der Waals surface area contributed by atoms with E-state index in [1.54, 1.807) is 29.0 Å². The van der Waals surface area contributed by atoms with Crippen molar-refractivity contribution in [1.82, 2.24) is 14.5 Å². The highest BCUT2D eigenvalue weighted by Crippen LogP contribution is 2.35. The lowest BCUT2D eigenvalue weighted by Gasteiger charge is -2.30. The number of anilines is 1. The van der Waals surface area contributed by atoms with Crippen LogP contribution in [0.5, 0.6) is 0 Å². The molecule has 144 valence electrons. The summed E-state index contributed by atoms with van der Waals surface area (Å²) in [5.41, 5.74) is 1.61. The van der Waals surface area contributed by atoms with Crippen molar-refractivity contribution in [3.05, 3.63) is 52.1 Å². The van der Waals surface area contributed by atoms with Gasteiger partial charge in [-0.2, -0.15) is 0 Å². The van der Waals surface area contributed by atoms with Crippen LogP contribution < -0.4 is 15.6 Å². The summed E-state index contributed by atoms with van der Waals surface area (Å²) < 4.78 is 18.1. The Morgan fingerprint density at radius 3 is 2.71 bits per heavy atom. The Morgan fingerprint density at radius 2 is 1.96 bits per heavy atom. The molecule has 0 amide bonds. The van der Waals surface area contributed by atoms with Gasteiger partial charge in [0.25, 0.3) is 5.91 Å². The molecule has 1 aromatic carbocycles. The molecule has 0 bridgehead atoms. The molecule has 0 saturated carbocycles. The summed E-state index contributed by atoms with van der Waals surface area (Å²) in [6.07, 6.45) is 1.61. The first kappa shape index (κ1) is 17.2. The van der Waals surface area contributed by atoms with Crippen molar-refractivity contribution in [2.45, 2.75) is 6.54 Å². The fourth-order valence-electron chi connectivity index (χ4n) is 4.27. The predicted molar refractivity (Wildman–Crippen MR) is 103 cm³/mol. The van der Waals surface area contributed by atoms with Gasteiger partial charge in [0, 0.05) is 44.3 Å². The van der Waals surface area contributed by atoms with E-state index in [1.165, 1.54) is 10.6 Å². The molecule has 0 aliphatic carbocycles. The van der Waals surface area contributed by atoms with Crippen LogP contribution in [-0.4, -0.2) is 52.9 Å². The number of carbonyl (C=O) groups excluding carboxylic acids is 1. The van der Waals surface area contributed by atoms with Gasteiger partial charge in [-0.25, -0.2) is 4.39 Å². The second-order valence-corrected chi connectivity index (χ2v) is 7.05. The summed E-state index contributed by atoms with van der Waals surface area (Å²) in [6.45, 7) is 2.88. The van der Waals surface area contributed by atoms with Crippen molar-refractivity contribution in [3.63, 3.8) is 0 Å². The molecule has 2 aromatic heterocycles. The molecule has 0 radical (unpaired) electrons. The predicted octanol–water partition coefficient (Wildman–Crippen LogP) is 1.01. The van der Waals surface area contributed by atoms with Crippen LogP contribution in [0.25, 0.3) is 22.3 Å². The second-order valence-electron chi connectivity index (χ2n) is 7.05. The van der Waals surface area contributed by atoms with Crippen LogP contribution in [0.15, 0.2) is 35.3 Å². The number of fused-ring (bicyclic) bond motifs is 4. The van der Waals surface area contributed by atoms with Crippen LogP contribution in [-0.2, 0) is 6.54 Å². The largest absolute Gasteiger partial charge is 0.395 e. The van der Waals surface area contributed by atoms with Crippen LogP contribution >= 0.6 is 0 Å². The molecule has 5 rings (SSSR count). The lowest BCUT2D eigenvalue weighted by Crippen LogP contribution is -2.43. The van der Waals surface area contributed by atoms with E-state index in [9.17, 15) is 19.1 Å². The fraction of sp³-hybridized carbons (Fsp3) is 0.300. The number of carbonyl (C=O) groups is 1. The molecule has 4 heterocycles. The van der Waals surface area contributed by atoms with Crippen molar-refractivity contribution in [1.29, 1.82) is 0 Å². The average Bonchev–Trinajstić information content (AvgIpc) is 3.28. The number of aromatic nitrogens is 2. The molecule has 2 aliphatic heterocycles. The molecule has 1 saturated heterocycles. The van der Waals surface area contributed by atoms with E-state index in [0.717, 1.165) is 13.1 Å². The highest BCUT2D eigenvalue weighted by atomic mass is 19.1. The Balaban J connectivity index is 1.84. The number of hydrogen-bond acceptors (Lipinski definition) is 5. The minimum absolute atomic E-state index is 0.0332. The highest BCUT2D eigenvalue weighted by molar-refractivity contribution is 6.10. The van der Waals surface area contributed by atoms with E-state index in [-0.39, 0.29) is 24.1 Å². The third-order valence-corrected chi connectivity index (χ3v) is 5.54. The molecule has 8 heteroatoms. The summed E-state index contributed by atoms with van der Waals surface area (Å²) in [5.74, 6) is -0.896. The number of halogens is 1. The molecule has 0 unspecified atom stereocenters. The van der Waals surface area contributed by atoms with Gasteiger partial charge in [0.05, 0.1) is 29.2 Å². The van der Waals surface area contributed by atoms with Crippen molar-refractivity contribution in [3.8, 4) is 11.4 Å². The van der Waals surface area contributed by atoms with E-state index in [1.807, 2.05) is 4.90 Å². The summed E-state index contributed by atoms with van der Waals surface area (Å²) in [7, 11) is 0. The van der Waals surface area contributed by atoms with Crippen LogP contribution in [0.2, 0.25) is 0 Å². The zero-order chi connectivity index (χ0) is 19.4. The first-order valence-electron chi connectivity index (χ1n) is 9.31. The van der Waals surface area contributed by atoms with Crippen molar-refractivity contribution < 1.29 is 14.3 Å². The standard InChI is InChI=1S/C20H19FN4O3/c21-13-10-12-15(11-16(13)23-6-3-22-4-7-23)24(8-9-26)18-14-2-1-5-25(14)20(28)17(18)19(12)27/h1-2,5,10-11,22,26H,3-4,6-9H2. The molecular weight excluding hydrogens is 363 g/mol. The number of nitrogens with zero attached hydrogens (tertiary/aromatic N) is 3. The summed E-state index contributed by atoms with van der Waals surface area (Å²) >= 11 is 0. The van der Waals surface area contributed by atoms with Gasteiger partial charge >= 0.3 is 0 Å². The first-order valence-corrected chi connectivity index (χ1v) is 9.31. The molecule has 7 nitrogen and oxygen atoms in total. The maximum atomic E-state index is 14.9. The Bertz CT molecular complexity index is 1170. The molecule has 2 aliphatic rings. The Kier molecular flexibility index (Phi) is 3.85. The lowest BCUT2D eigenvalue weighted by molar-refractivity contribution is 0.0968. The van der Waals surface area contributed by atoms with E-state index < -0.39 is 17.2 Å². The maximum Gasteiger partial charge on any atom is 0.268 e. The Hall–Kier alpha value is -2.97. The molecular formula is C20H19FN4O3. The molecule has 1 fully saturated rings. The van der Waals surface area contributed by atoms with Crippen LogP contribution in [0.1, 0.15) is 10.4 Å². The van der Waals surface area contributed by atoms with Gasteiger partial charge < -0.3 is 19.9 Å².